The average molecular weight is 194 g/mol. The molecule has 0 fully saturated rings. The molecule has 0 saturated heterocycles. The lowest BCUT2D eigenvalue weighted by Gasteiger charge is -2.10. The maximum atomic E-state index is 9.00. The zero-order valence-corrected chi connectivity index (χ0v) is 8.92. The van der Waals surface area contributed by atoms with Crippen LogP contribution in [0.4, 0.5) is 0 Å². The second-order valence-electron chi connectivity index (χ2n) is 3.28. The van der Waals surface area contributed by atoms with Crippen LogP contribution in [-0.2, 0) is 13.0 Å². The molecule has 0 aliphatic rings. The highest BCUT2D eigenvalue weighted by molar-refractivity contribution is 5.37. The zero-order valence-electron chi connectivity index (χ0n) is 8.92. The zero-order chi connectivity index (χ0) is 10.4. The predicted molar refractivity (Wildman–Crippen MR) is 57.5 cm³/mol. The number of benzene rings is 1. The van der Waals surface area contributed by atoms with E-state index in [0.717, 1.165) is 24.2 Å². The highest BCUT2D eigenvalue weighted by Gasteiger charge is 2.03. The Morgan fingerprint density at radius 3 is 2.64 bits per heavy atom. The summed E-state index contributed by atoms with van der Waals surface area (Å²) < 4.78 is 5.52. The van der Waals surface area contributed by atoms with Gasteiger partial charge in [0.25, 0.3) is 0 Å². The van der Waals surface area contributed by atoms with E-state index in [-0.39, 0.29) is 6.61 Å². The van der Waals surface area contributed by atoms with Crippen molar-refractivity contribution in [3.63, 3.8) is 0 Å². The highest BCUT2D eigenvalue weighted by atomic mass is 16.5. The fraction of sp³-hybridized carbons (Fsp3) is 0.500. The molecule has 78 valence electrons. The first-order chi connectivity index (χ1) is 6.81. The van der Waals surface area contributed by atoms with Gasteiger partial charge in [0.15, 0.2) is 0 Å². The Labute approximate surface area is 85.5 Å². The molecule has 0 heterocycles. The normalized spacial score (nSPS) is 10.2. The van der Waals surface area contributed by atoms with Gasteiger partial charge in [-0.3, -0.25) is 0 Å². The Balaban J connectivity index is 2.91. The summed E-state index contributed by atoms with van der Waals surface area (Å²) in [7, 11) is 0. The molecule has 0 spiro atoms. The molecule has 0 aliphatic heterocycles. The molecule has 0 saturated carbocycles. The summed E-state index contributed by atoms with van der Waals surface area (Å²) in [5, 5.41) is 9.00. The van der Waals surface area contributed by atoms with Crippen LogP contribution in [0.15, 0.2) is 18.2 Å². The summed E-state index contributed by atoms with van der Waals surface area (Å²) in [6, 6.07) is 5.92. The Kier molecular flexibility index (Phi) is 4.47. The maximum Gasteiger partial charge on any atom is 0.122 e. The van der Waals surface area contributed by atoms with Crippen LogP contribution < -0.4 is 4.74 Å². The van der Waals surface area contributed by atoms with E-state index in [1.165, 1.54) is 5.56 Å². The van der Waals surface area contributed by atoms with Crippen LogP contribution in [0.3, 0.4) is 0 Å². The molecule has 0 aromatic heterocycles. The number of aryl methyl sites for hydroxylation is 1. The standard InChI is InChI=1S/C12H18O2/c1-3-5-11-7-6-10(9-13)8-12(11)14-4-2/h6-8,13H,3-5,9H2,1-2H3. The van der Waals surface area contributed by atoms with Crippen molar-refractivity contribution in [1.82, 2.24) is 0 Å². The van der Waals surface area contributed by atoms with Crippen LogP contribution in [-0.4, -0.2) is 11.7 Å². The van der Waals surface area contributed by atoms with Crippen molar-refractivity contribution in [2.45, 2.75) is 33.3 Å². The molecule has 0 aliphatic carbocycles. The first-order valence-electron chi connectivity index (χ1n) is 5.17. The van der Waals surface area contributed by atoms with Crippen molar-refractivity contribution < 1.29 is 9.84 Å². The summed E-state index contributed by atoms with van der Waals surface area (Å²) in [6.07, 6.45) is 2.14. The molecular weight excluding hydrogens is 176 g/mol. The van der Waals surface area contributed by atoms with E-state index in [2.05, 4.69) is 6.92 Å². The Hall–Kier alpha value is -1.02. The maximum absolute atomic E-state index is 9.00. The van der Waals surface area contributed by atoms with E-state index >= 15 is 0 Å². The molecule has 1 aromatic carbocycles. The molecule has 0 atom stereocenters. The van der Waals surface area contributed by atoms with Crippen molar-refractivity contribution in [3.8, 4) is 5.75 Å². The molecule has 1 rings (SSSR count). The van der Waals surface area contributed by atoms with E-state index in [1.54, 1.807) is 0 Å². The van der Waals surface area contributed by atoms with Crippen molar-refractivity contribution in [2.75, 3.05) is 6.61 Å². The highest BCUT2D eigenvalue weighted by Crippen LogP contribution is 2.22. The molecule has 1 N–H and O–H groups in total. The third kappa shape index (κ3) is 2.74. The number of ether oxygens (including phenoxy) is 1. The lowest BCUT2D eigenvalue weighted by molar-refractivity contribution is 0.280. The number of hydrogen-bond acceptors (Lipinski definition) is 2. The van der Waals surface area contributed by atoms with Gasteiger partial charge in [0, 0.05) is 0 Å². The second-order valence-corrected chi connectivity index (χ2v) is 3.28. The number of aliphatic hydroxyl groups is 1. The van der Waals surface area contributed by atoms with Crippen LogP contribution in [0, 0.1) is 0 Å². The lowest BCUT2D eigenvalue weighted by atomic mass is 10.1. The fourth-order valence-corrected chi connectivity index (χ4v) is 1.46. The molecule has 2 heteroatoms. The largest absolute Gasteiger partial charge is 0.494 e. The van der Waals surface area contributed by atoms with Crippen LogP contribution in [0.2, 0.25) is 0 Å². The molecule has 2 nitrogen and oxygen atoms in total. The van der Waals surface area contributed by atoms with Crippen LogP contribution in [0.1, 0.15) is 31.4 Å². The Morgan fingerprint density at radius 1 is 1.29 bits per heavy atom. The van der Waals surface area contributed by atoms with Crippen molar-refractivity contribution in [3.05, 3.63) is 29.3 Å². The summed E-state index contributed by atoms with van der Waals surface area (Å²) in [5.74, 6) is 0.918. The van der Waals surface area contributed by atoms with Gasteiger partial charge in [0.05, 0.1) is 13.2 Å². The van der Waals surface area contributed by atoms with E-state index in [4.69, 9.17) is 9.84 Å². The number of aliphatic hydroxyl groups excluding tert-OH is 1. The van der Waals surface area contributed by atoms with Crippen molar-refractivity contribution >= 4 is 0 Å². The Morgan fingerprint density at radius 2 is 2.07 bits per heavy atom. The third-order valence-corrected chi connectivity index (χ3v) is 2.13. The quantitative estimate of drug-likeness (QED) is 0.780. The number of rotatable bonds is 5. The molecule has 0 radical (unpaired) electrons. The van der Waals surface area contributed by atoms with Gasteiger partial charge in [-0.2, -0.15) is 0 Å². The van der Waals surface area contributed by atoms with E-state index in [1.807, 2.05) is 25.1 Å². The monoisotopic (exact) mass is 194 g/mol. The van der Waals surface area contributed by atoms with Gasteiger partial charge >= 0.3 is 0 Å². The molecule has 0 unspecified atom stereocenters. The minimum absolute atomic E-state index is 0.0759. The van der Waals surface area contributed by atoms with Crippen LogP contribution in [0.25, 0.3) is 0 Å². The minimum Gasteiger partial charge on any atom is -0.494 e. The van der Waals surface area contributed by atoms with Crippen LogP contribution >= 0.6 is 0 Å². The second kappa shape index (κ2) is 5.66. The molecule has 1 aromatic rings. The van der Waals surface area contributed by atoms with E-state index < -0.39 is 0 Å². The summed E-state index contributed by atoms with van der Waals surface area (Å²) in [4.78, 5) is 0. The average Bonchev–Trinajstić information content (AvgIpc) is 2.21. The van der Waals surface area contributed by atoms with Crippen LogP contribution in [0.5, 0.6) is 5.75 Å². The number of hydrogen-bond donors (Lipinski definition) is 1. The van der Waals surface area contributed by atoms with E-state index in [0.29, 0.717) is 6.61 Å². The van der Waals surface area contributed by atoms with Gasteiger partial charge in [-0.25, -0.2) is 0 Å². The Bertz CT molecular complexity index is 282. The summed E-state index contributed by atoms with van der Waals surface area (Å²) in [6.45, 7) is 4.87. The summed E-state index contributed by atoms with van der Waals surface area (Å²) >= 11 is 0. The van der Waals surface area contributed by atoms with Gasteiger partial charge in [0.1, 0.15) is 5.75 Å². The lowest BCUT2D eigenvalue weighted by Crippen LogP contribution is -1.98. The third-order valence-electron chi connectivity index (χ3n) is 2.13. The molecule has 0 bridgehead atoms. The van der Waals surface area contributed by atoms with Gasteiger partial charge in [0.2, 0.25) is 0 Å². The SMILES string of the molecule is CCCc1ccc(CO)cc1OCC. The van der Waals surface area contributed by atoms with Gasteiger partial charge in [-0.15, -0.1) is 0 Å². The molecule has 14 heavy (non-hydrogen) atoms. The van der Waals surface area contributed by atoms with Crippen molar-refractivity contribution in [2.24, 2.45) is 0 Å². The van der Waals surface area contributed by atoms with Crippen molar-refractivity contribution in [1.29, 1.82) is 0 Å². The molecular formula is C12H18O2. The van der Waals surface area contributed by atoms with E-state index in [9.17, 15) is 0 Å². The fourth-order valence-electron chi connectivity index (χ4n) is 1.46. The predicted octanol–water partition coefficient (Wildman–Crippen LogP) is 2.53. The van der Waals surface area contributed by atoms with Gasteiger partial charge in [-0.1, -0.05) is 25.5 Å². The van der Waals surface area contributed by atoms with Gasteiger partial charge < -0.3 is 9.84 Å². The minimum atomic E-state index is 0.0759. The van der Waals surface area contributed by atoms with Gasteiger partial charge in [-0.05, 0) is 30.5 Å². The smallest absolute Gasteiger partial charge is 0.122 e. The summed E-state index contributed by atoms with van der Waals surface area (Å²) in [5.41, 5.74) is 2.14. The first kappa shape index (κ1) is 11.1. The molecule has 0 amide bonds. The topological polar surface area (TPSA) is 29.5 Å². The first-order valence-corrected chi connectivity index (χ1v) is 5.17.